The number of rotatable bonds is 4. The second kappa shape index (κ2) is 4.58. The van der Waals surface area contributed by atoms with Crippen LogP contribution >= 0.6 is 0 Å². The van der Waals surface area contributed by atoms with Crippen LogP contribution in [-0.2, 0) is 6.40 Å². The van der Waals surface area contributed by atoms with E-state index in [9.17, 15) is 0 Å². The van der Waals surface area contributed by atoms with Crippen LogP contribution in [0.25, 0.3) is 10.9 Å². The summed E-state index contributed by atoms with van der Waals surface area (Å²) in [5.41, 5.74) is 0.366. The number of ether oxygens (including phenoxy) is 1. The molecule has 1 N–H and O–H groups in total. The number of likely N-dealkylation sites (N-methyl/N-ethyl adjacent to an activating group) is 1. The minimum Gasteiger partial charge on any atom is -0.497 e. The zero-order chi connectivity index (χ0) is 21.7. The van der Waals surface area contributed by atoms with E-state index in [1.165, 1.54) is 24.4 Å². The molecule has 3 heteroatoms. The number of hydrogen-bond acceptors (Lipinski definition) is 2. The van der Waals surface area contributed by atoms with Crippen molar-refractivity contribution in [2.24, 2.45) is 0 Å². The number of aromatic nitrogens is 1. The van der Waals surface area contributed by atoms with Gasteiger partial charge >= 0.3 is 0 Å². The van der Waals surface area contributed by atoms with Crippen LogP contribution in [0, 0.1) is 0 Å². The molecule has 86 valence electrons. The van der Waals surface area contributed by atoms with E-state index in [-0.39, 0.29) is 21.6 Å². The Bertz CT molecular complexity index is 821. The lowest BCUT2D eigenvalue weighted by atomic mass is 10.1. The van der Waals surface area contributed by atoms with Crippen molar-refractivity contribution < 1.29 is 21.2 Å². The molecule has 3 nitrogen and oxygen atoms in total. The normalized spacial score (nSPS) is 27.6. The Morgan fingerprint density at radius 3 is 3.25 bits per heavy atom. The van der Waals surface area contributed by atoms with Crippen LogP contribution in [0.15, 0.2) is 24.4 Å². The van der Waals surface area contributed by atoms with Gasteiger partial charge in [0.2, 0.25) is 0 Å². The summed E-state index contributed by atoms with van der Waals surface area (Å²) in [7, 11) is -2.72. The van der Waals surface area contributed by atoms with Crippen LogP contribution in [0.5, 0.6) is 5.75 Å². The molecule has 2 aromatic rings. The van der Waals surface area contributed by atoms with Crippen molar-refractivity contribution in [3.63, 3.8) is 0 Å². The van der Waals surface area contributed by atoms with Gasteiger partial charge in [0.15, 0.2) is 0 Å². The maximum Gasteiger partial charge on any atom is 0.119 e. The third-order valence-corrected chi connectivity index (χ3v) is 2.15. The highest BCUT2D eigenvalue weighted by Crippen LogP contribution is 2.23. The molecule has 0 radical (unpaired) electrons. The molecule has 0 amide bonds. The highest BCUT2D eigenvalue weighted by atomic mass is 16.5. The Hall–Kier alpha value is -1.48. The van der Waals surface area contributed by atoms with E-state index in [0.29, 0.717) is 5.52 Å². The first-order valence-corrected chi connectivity index (χ1v) is 4.47. The largest absolute Gasteiger partial charge is 0.497 e. The lowest BCUT2D eigenvalue weighted by Gasteiger charge is -2.08. The van der Waals surface area contributed by atoms with Crippen molar-refractivity contribution in [3.05, 3.63) is 30.0 Å². The zero-order valence-corrected chi connectivity index (χ0v) is 8.24. The van der Waals surface area contributed by atoms with Crippen molar-refractivity contribution in [2.45, 2.75) is 6.40 Å². The van der Waals surface area contributed by atoms with Gasteiger partial charge in [-0.05, 0) is 44.1 Å². The third kappa shape index (κ3) is 2.19. The molecular weight excluding hydrogens is 200 g/mol. The molecule has 0 saturated heterocycles. The molecule has 16 heavy (non-hydrogen) atoms. The first kappa shape index (κ1) is 3.50. The summed E-state index contributed by atoms with van der Waals surface area (Å²) >= 11 is 0. The molecule has 0 aliphatic heterocycles. The van der Waals surface area contributed by atoms with Gasteiger partial charge in [-0.25, -0.2) is 0 Å². The highest BCUT2D eigenvalue weighted by molar-refractivity contribution is 5.84. The summed E-state index contributed by atoms with van der Waals surface area (Å²) in [6, 6.07) is 4.08. The number of methoxy groups -OCH3 is 1. The van der Waals surface area contributed by atoms with Crippen molar-refractivity contribution in [3.8, 4) is 5.75 Å². The molecule has 1 heterocycles. The number of hydrogen-bond donors (Lipinski definition) is 1. The molecule has 0 aliphatic carbocycles. The van der Waals surface area contributed by atoms with Crippen molar-refractivity contribution in [1.82, 2.24) is 9.88 Å². The van der Waals surface area contributed by atoms with Crippen molar-refractivity contribution in [2.75, 3.05) is 27.5 Å². The van der Waals surface area contributed by atoms with Gasteiger partial charge in [-0.3, -0.25) is 0 Å². The number of aromatic amines is 1. The van der Waals surface area contributed by atoms with Gasteiger partial charge in [0.25, 0.3) is 0 Å². The summed E-state index contributed by atoms with van der Waals surface area (Å²) in [6.07, 6.45) is -0.693. The fraction of sp³-hybridized carbons (Fsp3) is 0.385. The van der Waals surface area contributed by atoms with Crippen LogP contribution in [0.4, 0.5) is 0 Å². The second-order valence-electron chi connectivity index (χ2n) is 3.16. The lowest BCUT2D eigenvalue weighted by molar-refractivity contribution is 0.413. The van der Waals surface area contributed by atoms with Gasteiger partial charge in [0.1, 0.15) is 5.75 Å². The average molecular weight is 230 g/mol. The summed E-state index contributed by atoms with van der Waals surface area (Å²) < 4.78 is 95.1. The summed E-state index contributed by atoms with van der Waals surface area (Å²) in [5.74, 6) is -0.0652. The standard InChI is InChI=1S/C13H18N2O/c1-15(2)7-6-10-9-14-13-5-4-11(16-3)8-12(10)13/h4-5,8-9,14H,6-7H2,1-3H3/i1D3,2D3,3D3,6D,7D2. The lowest BCUT2D eigenvalue weighted by Crippen LogP contribution is -2.14. The van der Waals surface area contributed by atoms with Gasteiger partial charge in [-0.15, -0.1) is 0 Å². The first-order chi connectivity index (χ1) is 12.4. The van der Waals surface area contributed by atoms with Gasteiger partial charge in [-0.2, -0.15) is 0 Å². The molecule has 2 rings (SSSR count). The monoisotopic (exact) mass is 230 g/mol. The van der Waals surface area contributed by atoms with Gasteiger partial charge < -0.3 is 14.6 Å². The minimum atomic E-state index is -3.32. The molecule has 1 aromatic carbocycles. The topological polar surface area (TPSA) is 28.3 Å². The van der Waals surface area contributed by atoms with E-state index in [0.717, 1.165) is 0 Å². The molecule has 0 fully saturated rings. The Morgan fingerprint density at radius 2 is 2.44 bits per heavy atom. The fourth-order valence-corrected chi connectivity index (χ4v) is 1.44. The molecule has 0 saturated carbocycles. The Labute approximate surface area is 113 Å². The Balaban J connectivity index is 2.53. The zero-order valence-electron chi connectivity index (χ0n) is 20.2. The van der Waals surface area contributed by atoms with E-state index in [4.69, 9.17) is 21.2 Å². The van der Waals surface area contributed by atoms with E-state index in [2.05, 4.69) is 4.98 Å². The van der Waals surface area contributed by atoms with Gasteiger partial charge in [-0.1, -0.05) is 0 Å². The van der Waals surface area contributed by atoms with Crippen molar-refractivity contribution in [1.29, 1.82) is 0 Å². The van der Waals surface area contributed by atoms with E-state index < -0.39 is 33.9 Å². The fourth-order valence-electron chi connectivity index (χ4n) is 1.44. The number of nitrogens with zero attached hydrogens (tertiary/aromatic N) is 1. The number of H-pyrrole nitrogens is 1. The highest BCUT2D eigenvalue weighted by Gasteiger charge is 2.05. The van der Waals surface area contributed by atoms with Gasteiger partial charge in [0, 0.05) is 35.9 Å². The predicted molar refractivity (Wildman–Crippen MR) is 67.1 cm³/mol. The smallest absolute Gasteiger partial charge is 0.119 e. The third-order valence-electron chi connectivity index (χ3n) is 2.15. The summed E-state index contributed by atoms with van der Waals surface area (Å²) in [5, 5.41) is 0.210. The number of benzene rings is 1. The molecule has 0 aliphatic rings. The summed E-state index contributed by atoms with van der Waals surface area (Å²) in [4.78, 5) is 2.48. The molecular formula is C13H18N2O. The molecule has 1 unspecified atom stereocenters. The number of aryl methyl sites for hydroxylation is 1. The van der Waals surface area contributed by atoms with E-state index in [1.54, 1.807) is 0 Å². The average Bonchev–Trinajstić information content (AvgIpc) is 2.83. The van der Waals surface area contributed by atoms with Crippen LogP contribution in [-0.4, -0.2) is 37.4 Å². The minimum absolute atomic E-state index is 0.0468. The van der Waals surface area contributed by atoms with Crippen LogP contribution in [0.1, 0.15) is 22.0 Å². The van der Waals surface area contributed by atoms with Crippen LogP contribution < -0.4 is 4.74 Å². The Kier molecular flexibility index (Phi) is 1.00. The maximum atomic E-state index is 8.27. The number of nitrogens with one attached hydrogen (secondary N) is 1. The predicted octanol–water partition coefficient (Wildman–Crippen LogP) is 2.28. The number of fused-ring (bicyclic) bond motifs is 1. The van der Waals surface area contributed by atoms with Crippen molar-refractivity contribution >= 4 is 10.9 Å². The quantitative estimate of drug-likeness (QED) is 0.873. The van der Waals surface area contributed by atoms with E-state index in [1.807, 2.05) is 0 Å². The van der Waals surface area contributed by atoms with Crippen LogP contribution in [0.2, 0.25) is 0 Å². The summed E-state index contributed by atoms with van der Waals surface area (Å²) in [6.45, 7) is -9.75. The van der Waals surface area contributed by atoms with E-state index >= 15 is 0 Å². The molecule has 1 atom stereocenters. The van der Waals surface area contributed by atoms with Crippen LogP contribution in [0.3, 0.4) is 0 Å². The second-order valence-corrected chi connectivity index (χ2v) is 3.16. The Morgan fingerprint density at radius 1 is 1.50 bits per heavy atom. The SMILES string of the molecule is [2H]C(c1c[nH]c2ccc(OC([2H])([2H])[2H])cc12)C([2H])([2H])N(C([2H])([2H])[2H])C([2H])([2H])[2H]. The molecule has 1 aromatic heterocycles. The molecule has 0 spiro atoms. The first-order valence-electron chi connectivity index (χ1n) is 10.5. The maximum absolute atomic E-state index is 8.27. The van der Waals surface area contributed by atoms with Gasteiger partial charge in [0.05, 0.1) is 11.2 Å². The molecule has 0 bridgehead atoms.